The Bertz CT molecular complexity index is 649. The number of ketones is 1. The summed E-state index contributed by atoms with van der Waals surface area (Å²) in [5, 5.41) is 10.4. The van der Waals surface area contributed by atoms with Crippen molar-refractivity contribution in [2.24, 2.45) is 0 Å². The molecule has 2 rings (SSSR count). The van der Waals surface area contributed by atoms with Gasteiger partial charge in [-0.25, -0.2) is 4.79 Å². The zero-order valence-electron chi connectivity index (χ0n) is 9.44. The molecule has 92 valence electrons. The third kappa shape index (κ3) is 2.22. The molecule has 5 heteroatoms. The third-order valence-corrected chi connectivity index (χ3v) is 3.05. The predicted molar refractivity (Wildman–Crippen MR) is 70.2 cm³/mol. The highest BCUT2D eigenvalue weighted by atomic mass is 79.9. The average molecular weight is 309 g/mol. The molecule has 2 aromatic rings. The lowest BCUT2D eigenvalue weighted by Crippen LogP contribution is -2.13. The van der Waals surface area contributed by atoms with Crippen LogP contribution in [-0.4, -0.2) is 24.0 Å². The Morgan fingerprint density at radius 1 is 1.17 bits per heavy atom. The number of carboxylic acid groups (broad SMARTS) is 1. The summed E-state index contributed by atoms with van der Waals surface area (Å²) in [4.78, 5) is 22.3. The van der Waals surface area contributed by atoms with Gasteiger partial charge in [0.25, 0.3) is 5.78 Å². The van der Waals surface area contributed by atoms with Gasteiger partial charge in [-0.1, -0.05) is 22.0 Å². The maximum absolute atomic E-state index is 11.6. The monoisotopic (exact) mass is 308 g/mol. The second-order valence-electron chi connectivity index (χ2n) is 3.68. The summed E-state index contributed by atoms with van der Waals surface area (Å²) in [7, 11) is 1.40. The van der Waals surface area contributed by atoms with E-state index in [1.807, 2.05) is 18.2 Å². The number of carbonyl (C=O) groups is 2. The molecule has 0 aliphatic carbocycles. The van der Waals surface area contributed by atoms with E-state index in [2.05, 4.69) is 15.9 Å². The van der Waals surface area contributed by atoms with Crippen LogP contribution in [-0.2, 0) is 4.79 Å². The highest BCUT2D eigenvalue weighted by Gasteiger charge is 2.20. The molecule has 18 heavy (non-hydrogen) atoms. The number of ether oxygens (including phenoxy) is 1. The summed E-state index contributed by atoms with van der Waals surface area (Å²) < 4.78 is 5.91. The Morgan fingerprint density at radius 2 is 1.89 bits per heavy atom. The molecular weight excluding hydrogens is 300 g/mol. The first-order valence-corrected chi connectivity index (χ1v) is 5.87. The maximum atomic E-state index is 11.6. The lowest BCUT2D eigenvalue weighted by atomic mass is 10.0. The van der Waals surface area contributed by atoms with Gasteiger partial charge in [-0.2, -0.15) is 0 Å². The van der Waals surface area contributed by atoms with Crippen molar-refractivity contribution in [2.45, 2.75) is 0 Å². The molecule has 0 fully saturated rings. The summed E-state index contributed by atoms with van der Waals surface area (Å²) in [5.41, 5.74) is 0.0515. The fraction of sp³-hybridized carbons (Fsp3) is 0.0769. The van der Waals surface area contributed by atoms with E-state index in [9.17, 15) is 9.59 Å². The number of benzene rings is 2. The Hall–Kier alpha value is -1.88. The number of hydrogen-bond donors (Lipinski definition) is 1. The van der Waals surface area contributed by atoms with Crippen LogP contribution in [0.5, 0.6) is 5.75 Å². The minimum absolute atomic E-state index is 0.0515. The van der Waals surface area contributed by atoms with Gasteiger partial charge in [0.05, 0.1) is 12.7 Å². The van der Waals surface area contributed by atoms with Gasteiger partial charge >= 0.3 is 5.97 Å². The number of rotatable bonds is 3. The van der Waals surface area contributed by atoms with Gasteiger partial charge in [-0.15, -0.1) is 0 Å². The molecule has 1 N–H and O–H groups in total. The molecule has 0 saturated heterocycles. The maximum Gasteiger partial charge on any atom is 0.377 e. The van der Waals surface area contributed by atoms with E-state index >= 15 is 0 Å². The number of hydrogen-bond acceptors (Lipinski definition) is 3. The van der Waals surface area contributed by atoms with Crippen molar-refractivity contribution < 1.29 is 19.4 Å². The van der Waals surface area contributed by atoms with Crippen molar-refractivity contribution in [3.63, 3.8) is 0 Å². The molecule has 0 heterocycles. The molecule has 0 aliphatic heterocycles. The van der Waals surface area contributed by atoms with E-state index < -0.39 is 11.8 Å². The van der Waals surface area contributed by atoms with Gasteiger partial charge in [0, 0.05) is 4.47 Å². The number of carboxylic acids is 1. The topological polar surface area (TPSA) is 63.6 Å². The van der Waals surface area contributed by atoms with Gasteiger partial charge in [0.2, 0.25) is 0 Å². The van der Waals surface area contributed by atoms with Crippen molar-refractivity contribution >= 4 is 38.5 Å². The van der Waals surface area contributed by atoms with Crippen molar-refractivity contribution in [2.75, 3.05) is 7.11 Å². The number of halogens is 1. The van der Waals surface area contributed by atoms with Crippen LogP contribution < -0.4 is 4.74 Å². The molecule has 0 saturated carbocycles. The van der Waals surface area contributed by atoms with Crippen LogP contribution in [0.3, 0.4) is 0 Å². The highest BCUT2D eigenvalue weighted by molar-refractivity contribution is 9.10. The molecule has 0 spiro atoms. The Balaban J connectivity index is 2.71. The molecule has 4 nitrogen and oxygen atoms in total. The number of aliphatic carboxylic acids is 1. The fourth-order valence-electron chi connectivity index (χ4n) is 1.71. The summed E-state index contributed by atoms with van der Waals surface area (Å²) in [6, 6.07) is 8.71. The van der Waals surface area contributed by atoms with Crippen LogP contribution >= 0.6 is 15.9 Å². The molecule has 0 atom stereocenters. The molecule has 0 aliphatic rings. The minimum Gasteiger partial charge on any atom is -0.496 e. The van der Waals surface area contributed by atoms with Crippen LogP contribution in [0, 0.1) is 0 Å². The summed E-state index contributed by atoms with van der Waals surface area (Å²) in [6.45, 7) is 0. The molecule has 0 amide bonds. The molecule has 0 unspecified atom stereocenters. The zero-order chi connectivity index (χ0) is 13.3. The lowest BCUT2D eigenvalue weighted by molar-refractivity contribution is -0.131. The summed E-state index contributed by atoms with van der Waals surface area (Å²) in [5.74, 6) is -2.21. The largest absolute Gasteiger partial charge is 0.496 e. The highest BCUT2D eigenvalue weighted by Crippen LogP contribution is 2.28. The van der Waals surface area contributed by atoms with Gasteiger partial charge in [0.15, 0.2) is 0 Å². The van der Waals surface area contributed by atoms with E-state index in [0.29, 0.717) is 0 Å². The second kappa shape index (κ2) is 4.78. The fourth-order valence-corrected chi connectivity index (χ4v) is 2.09. The molecule has 0 aromatic heterocycles. The first kappa shape index (κ1) is 12.6. The lowest BCUT2D eigenvalue weighted by Gasteiger charge is -2.08. The summed E-state index contributed by atoms with van der Waals surface area (Å²) in [6.07, 6.45) is 0. The SMILES string of the molecule is COc1cc2ccc(Br)cc2cc1C(=O)C(=O)O. The van der Waals surface area contributed by atoms with Crippen molar-refractivity contribution in [1.82, 2.24) is 0 Å². The van der Waals surface area contributed by atoms with Crippen molar-refractivity contribution in [1.29, 1.82) is 0 Å². The van der Waals surface area contributed by atoms with E-state index in [-0.39, 0.29) is 11.3 Å². The van der Waals surface area contributed by atoms with Crippen molar-refractivity contribution in [3.05, 3.63) is 40.4 Å². The van der Waals surface area contributed by atoms with Crippen LogP contribution in [0.2, 0.25) is 0 Å². The smallest absolute Gasteiger partial charge is 0.377 e. The van der Waals surface area contributed by atoms with Gasteiger partial charge < -0.3 is 9.84 Å². The van der Waals surface area contributed by atoms with Crippen LogP contribution in [0.1, 0.15) is 10.4 Å². The third-order valence-electron chi connectivity index (χ3n) is 2.56. The van der Waals surface area contributed by atoms with E-state index in [0.717, 1.165) is 15.2 Å². The molecule has 2 aromatic carbocycles. The molecule has 0 bridgehead atoms. The molecular formula is C13H9BrO4. The standard InChI is InChI=1S/C13H9BrO4/c1-18-11-6-7-2-3-9(14)4-8(7)5-10(11)12(15)13(16)17/h2-6H,1H3,(H,16,17). The van der Waals surface area contributed by atoms with E-state index in [4.69, 9.17) is 9.84 Å². The number of methoxy groups -OCH3 is 1. The van der Waals surface area contributed by atoms with Crippen LogP contribution in [0.15, 0.2) is 34.8 Å². The van der Waals surface area contributed by atoms with Crippen molar-refractivity contribution in [3.8, 4) is 5.75 Å². The van der Waals surface area contributed by atoms with Gasteiger partial charge in [-0.05, 0) is 35.0 Å². The quantitative estimate of drug-likeness (QED) is 0.699. The Morgan fingerprint density at radius 3 is 2.50 bits per heavy atom. The van der Waals surface area contributed by atoms with Gasteiger partial charge in [-0.3, -0.25) is 4.79 Å². The first-order chi connectivity index (χ1) is 8.52. The number of Topliss-reactive ketones (excluding diaryl/α,β-unsaturated/α-hetero) is 1. The summed E-state index contributed by atoms with van der Waals surface area (Å²) >= 11 is 3.33. The molecule has 0 radical (unpaired) electrons. The second-order valence-corrected chi connectivity index (χ2v) is 4.59. The number of carbonyl (C=O) groups excluding carboxylic acids is 1. The Labute approximate surface area is 111 Å². The van der Waals surface area contributed by atoms with Crippen LogP contribution in [0.4, 0.5) is 0 Å². The van der Waals surface area contributed by atoms with Gasteiger partial charge in [0.1, 0.15) is 5.75 Å². The van der Waals surface area contributed by atoms with E-state index in [1.165, 1.54) is 13.2 Å². The minimum atomic E-state index is -1.50. The predicted octanol–water partition coefficient (Wildman–Crippen LogP) is 2.88. The Kier molecular flexibility index (Phi) is 3.34. The zero-order valence-corrected chi connectivity index (χ0v) is 11.0. The number of fused-ring (bicyclic) bond motifs is 1. The van der Waals surface area contributed by atoms with E-state index in [1.54, 1.807) is 6.07 Å². The van der Waals surface area contributed by atoms with Crippen LogP contribution in [0.25, 0.3) is 10.8 Å². The normalized spacial score (nSPS) is 10.3. The average Bonchev–Trinajstić information content (AvgIpc) is 2.36. The first-order valence-electron chi connectivity index (χ1n) is 5.08.